The van der Waals surface area contributed by atoms with E-state index in [4.69, 9.17) is 9.47 Å². The van der Waals surface area contributed by atoms with E-state index >= 15 is 0 Å². The SMILES string of the molecule is CCOC(=O)c1sc(NC(=O)COc2ccc(C)cc2C(C)(C)C)nc1C. The quantitative estimate of drug-likeness (QED) is 0.746. The van der Waals surface area contributed by atoms with Gasteiger partial charge < -0.3 is 9.47 Å². The van der Waals surface area contributed by atoms with Crippen molar-refractivity contribution in [1.29, 1.82) is 0 Å². The van der Waals surface area contributed by atoms with Crippen molar-refractivity contribution < 1.29 is 19.1 Å². The van der Waals surface area contributed by atoms with Gasteiger partial charge in [0.25, 0.3) is 5.91 Å². The van der Waals surface area contributed by atoms with E-state index in [2.05, 4.69) is 37.1 Å². The Hall–Kier alpha value is -2.41. The summed E-state index contributed by atoms with van der Waals surface area (Å²) in [7, 11) is 0. The van der Waals surface area contributed by atoms with Crippen LogP contribution >= 0.6 is 11.3 Å². The maximum atomic E-state index is 12.2. The Balaban J connectivity index is 2.04. The van der Waals surface area contributed by atoms with Crippen molar-refractivity contribution in [2.24, 2.45) is 0 Å². The summed E-state index contributed by atoms with van der Waals surface area (Å²) in [6.45, 7) is 11.9. The molecule has 1 amide bonds. The summed E-state index contributed by atoms with van der Waals surface area (Å²) >= 11 is 1.09. The number of carbonyl (C=O) groups is 2. The number of carbonyl (C=O) groups excluding carboxylic acids is 2. The van der Waals surface area contributed by atoms with Gasteiger partial charge in [0.05, 0.1) is 12.3 Å². The molecule has 2 aromatic rings. The standard InChI is InChI=1S/C20H26N2O4S/c1-7-25-18(24)17-13(3)21-19(27-17)22-16(23)11-26-15-9-8-12(2)10-14(15)20(4,5)6/h8-10H,7,11H2,1-6H3,(H,21,22,23). The second-order valence-electron chi connectivity index (χ2n) is 7.24. The van der Waals surface area contributed by atoms with Gasteiger partial charge in [0.1, 0.15) is 10.6 Å². The maximum Gasteiger partial charge on any atom is 0.350 e. The van der Waals surface area contributed by atoms with Gasteiger partial charge in [-0.15, -0.1) is 0 Å². The van der Waals surface area contributed by atoms with Crippen molar-refractivity contribution in [2.75, 3.05) is 18.5 Å². The van der Waals surface area contributed by atoms with Crippen molar-refractivity contribution in [3.05, 3.63) is 39.9 Å². The molecule has 1 N–H and O–H groups in total. The van der Waals surface area contributed by atoms with Gasteiger partial charge in [-0.3, -0.25) is 10.1 Å². The average molecular weight is 391 g/mol. The summed E-state index contributed by atoms with van der Waals surface area (Å²) in [5, 5.41) is 3.03. The van der Waals surface area contributed by atoms with Crippen LogP contribution in [0.25, 0.3) is 0 Å². The Bertz CT molecular complexity index is 837. The highest BCUT2D eigenvalue weighted by Gasteiger charge is 2.21. The molecular weight excluding hydrogens is 364 g/mol. The largest absolute Gasteiger partial charge is 0.483 e. The molecule has 0 radical (unpaired) electrons. The smallest absolute Gasteiger partial charge is 0.350 e. The van der Waals surface area contributed by atoms with Gasteiger partial charge >= 0.3 is 5.97 Å². The molecule has 0 saturated carbocycles. The molecule has 7 heteroatoms. The first kappa shape index (κ1) is 20.9. The first-order valence-electron chi connectivity index (χ1n) is 8.80. The molecule has 1 aromatic heterocycles. The van der Waals surface area contributed by atoms with Crippen molar-refractivity contribution >= 4 is 28.3 Å². The molecule has 0 unspecified atom stereocenters. The van der Waals surface area contributed by atoms with Gasteiger partial charge in [0, 0.05) is 0 Å². The monoisotopic (exact) mass is 390 g/mol. The Morgan fingerprint density at radius 1 is 1.22 bits per heavy atom. The summed E-state index contributed by atoms with van der Waals surface area (Å²) in [6.07, 6.45) is 0. The van der Waals surface area contributed by atoms with Gasteiger partial charge in [-0.2, -0.15) is 0 Å². The number of benzene rings is 1. The lowest BCUT2D eigenvalue weighted by molar-refractivity contribution is -0.118. The lowest BCUT2D eigenvalue weighted by Crippen LogP contribution is -2.22. The molecule has 0 atom stereocenters. The van der Waals surface area contributed by atoms with E-state index in [1.54, 1.807) is 13.8 Å². The number of hydrogen-bond acceptors (Lipinski definition) is 6. The predicted molar refractivity (Wildman–Crippen MR) is 107 cm³/mol. The summed E-state index contributed by atoms with van der Waals surface area (Å²) in [4.78, 5) is 28.7. The second-order valence-corrected chi connectivity index (χ2v) is 8.24. The number of ether oxygens (including phenoxy) is 2. The van der Waals surface area contributed by atoms with Crippen molar-refractivity contribution in [3.8, 4) is 5.75 Å². The van der Waals surface area contributed by atoms with Crippen molar-refractivity contribution in [2.45, 2.75) is 47.0 Å². The molecule has 6 nitrogen and oxygen atoms in total. The number of rotatable bonds is 6. The number of anilines is 1. The minimum Gasteiger partial charge on any atom is -0.483 e. The Labute approximate surface area is 163 Å². The third kappa shape index (κ3) is 5.53. The molecule has 0 bridgehead atoms. The van der Waals surface area contributed by atoms with Crippen LogP contribution in [-0.2, 0) is 14.9 Å². The lowest BCUT2D eigenvalue weighted by atomic mass is 9.85. The summed E-state index contributed by atoms with van der Waals surface area (Å²) in [5.74, 6) is -0.0795. The highest BCUT2D eigenvalue weighted by molar-refractivity contribution is 7.17. The zero-order chi connectivity index (χ0) is 20.2. The molecule has 0 spiro atoms. The fourth-order valence-electron chi connectivity index (χ4n) is 2.49. The summed E-state index contributed by atoms with van der Waals surface area (Å²) in [6, 6.07) is 5.91. The molecule has 2 rings (SSSR count). The maximum absolute atomic E-state index is 12.2. The van der Waals surface area contributed by atoms with Crippen LogP contribution in [0.3, 0.4) is 0 Å². The van der Waals surface area contributed by atoms with Crippen molar-refractivity contribution in [3.63, 3.8) is 0 Å². The molecule has 0 aliphatic rings. The number of nitrogens with one attached hydrogen (secondary N) is 1. The number of thiazole rings is 1. The van der Waals surface area contributed by atoms with E-state index in [-0.39, 0.29) is 17.9 Å². The van der Waals surface area contributed by atoms with E-state index < -0.39 is 5.97 Å². The fourth-order valence-corrected chi connectivity index (χ4v) is 3.37. The number of aryl methyl sites for hydroxylation is 2. The number of esters is 1. The number of nitrogens with zero attached hydrogens (tertiary/aromatic N) is 1. The summed E-state index contributed by atoms with van der Waals surface area (Å²) < 4.78 is 10.7. The van der Waals surface area contributed by atoms with Crippen LogP contribution < -0.4 is 10.1 Å². The average Bonchev–Trinajstić information content (AvgIpc) is 2.93. The van der Waals surface area contributed by atoms with Gasteiger partial charge in [-0.05, 0) is 37.8 Å². The van der Waals surface area contributed by atoms with E-state index in [9.17, 15) is 9.59 Å². The fraction of sp³-hybridized carbons (Fsp3) is 0.450. The van der Waals surface area contributed by atoms with Crippen molar-refractivity contribution in [1.82, 2.24) is 4.98 Å². The van der Waals surface area contributed by atoms with E-state index in [1.165, 1.54) is 0 Å². The lowest BCUT2D eigenvalue weighted by Gasteiger charge is -2.23. The van der Waals surface area contributed by atoms with Gasteiger partial charge in [-0.25, -0.2) is 9.78 Å². The third-order valence-electron chi connectivity index (χ3n) is 3.81. The second kappa shape index (κ2) is 8.52. The highest BCUT2D eigenvalue weighted by Crippen LogP contribution is 2.32. The number of aromatic nitrogens is 1. The van der Waals surface area contributed by atoms with E-state index in [0.717, 1.165) is 22.5 Å². The van der Waals surface area contributed by atoms with Gasteiger partial charge in [0.2, 0.25) is 0 Å². The zero-order valence-corrected chi connectivity index (χ0v) is 17.5. The number of hydrogen-bond donors (Lipinski definition) is 1. The molecule has 0 aliphatic heterocycles. The van der Waals surface area contributed by atoms with Crippen LogP contribution in [0.4, 0.5) is 5.13 Å². The predicted octanol–water partition coefficient (Wildman–Crippen LogP) is 4.25. The zero-order valence-electron chi connectivity index (χ0n) is 16.6. The summed E-state index contributed by atoms with van der Waals surface area (Å²) in [5.41, 5.74) is 2.62. The Kier molecular flexibility index (Phi) is 6.59. The molecule has 146 valence electrons. The Morgan fingerprint density at radius 2 is 1.93 bits per heavy atom. The van der Waals surface area contributed by atoms with Crippen LogP contribution in [0.15, 0.2) is 18.2 Å². The van der Waals surface area contributed by atoms with E-state index in [1.807, 2.05) is 19.1 Å². The highest BCUT2D eigenvalue weighted by atomic mass is 32.1. The molecule has 1 heterocycles. The van der Waals surface area contributed by atoms with Crippen LogP contribution in [0, 0.1) is 13.8 Å². The molecule has 0 aliphatic carbocycles. The van der Waals surface area contributed by atoms with E-state index in [0.29, 0.717) is 28.1 Å². The molecule has 1 aromatic carbocycles. The molecule has 0 saturated heterocycles. The normalized spacial score (nSPS) is 11.2. The third-order valence-corrected chi connectivity index (χ3v) is 4.86. The minimum atomic E-state index is -0.432. The van der Waals surface area contributed by atoms with Gasteiger partial charge in [-0.1, -0.05) is 49.8 Å². The number of amides is 1. The Morgan fingerprint density at radius 3 is 2.56 bits per heavy atom. The van der Waals surface area contributed by atoms with Crippen LogP contribution in [0.2, 0.25) is 0 Å². The minimum absolute atomic E-state index is 0.0984. The van der Waals surface area contributed by atoms with Gasteiger partial charge in [0.15, 0.2) is 11.7 Å². The topological polar surface area (TPSA) is 77.5 Å². The molecule has 27 heavy (non-hydrogen) atoms. The first-order valence-corrected chi connectivity index (χ1v) is 9.61. The molecular formula is C20H26N2O4S. The van der Waals surface area contributed by atoms with Crippen LogP contribution in [0.1, 0.15) is 54.2 Å². The molecule has 0 fully saturated rings. The first-order chi connectivity index (χ1) is 12.6. The van der Waals surface area contributed by atoms with Crippen LogP contribution in [-0.4, -0.2) is 30.1 Å². The van der Waals surface area contributed by atoms with Crippen LogP contribution in [0.5, 0.6) is 5.75 Å².